The predicted octanol–water partition coefficient (Wildman–Crippen LogP) is 4.44. The van der Waals surface area contributed by atoms with Crippen molar-refractivity contribution in [2.45, 2.75) is 3.79 Å². The summed E-state index contributed by atoms with van der Waals surface area (Å²) < 4.78 is 23.7. The molecule has 1 aromatic carbocycles. The van der Waals surface area contributed by atoms with E-state index in [1.807, 2.05) is 0 Å². The van der Waals surface area contributed by atoms with Crippen molar-refractivity contribution in [3.63, 3.8) is 0 Å². The Kier molecular flexibility index (Phi) is 3.29. The molecule has 0 fully saturated rings. The summed E-state index contributed by atoms with van der Waals surface area (Å²) in [5.74, 6) is -2.35. The van der Waals surface area contributed by atoms with Crippen LogP contribution in [0, 0.1) is 11.6 Å². The van der Waals surface area contributed by atoms with E-state index in [4.69, 9.17) is 46.4 Å². The number of hydrogen-bond donors (Lipinski definition) is 0. The number of benzene rings is 1. The average molecular weight is 266 g/mol. The summed E-state index contributed by atoms with van der Waals surface area (Å²) in [6.45, 7) is 0. The molecule has 6 heteroatoms. The third kappa shape index (κ3) is 2.59. The zero-order valence-electron chi connectivity index (χ0n) is 5.92. The Morgan fingerprint density at radius 2 is 1.62 bits per heavy atom. The number of halogens is 6. The minimum Gasteiger partial charge on any atom is -0.204 e. The maximum atomic E-state index is 13.0. The molecule has 0 radical (unpaired) electrons. The third-order valence-corrected chi connectivity index (χ3v) is 2.13. The Labute approximate surface area is 93.3 Å². The molecule has 1 rings (SSSR count). The van der Waals surface area contributed by atoms with Crippen molar-refractivity contribution in [1.82, 2.24) is 0 Å². The van der Waals surface area contributed by atoms with E-state index in [1.165, 1.54) is 0 Å². The van der Waals surface area contributed by atoms with Gasteiger partial charge in [0, 0.05) is 10.6 Å². The van der Waals surface area contributed by atoms with Crippen LogP contribution >= 0.6 is 46.4 Å². The van der Waals surface area contributed by atoms with E-state index >= 15 is 0 Å². The maximum Gasteiger partial charge on any atom is 0.218 e. The molecular weight excluding hydrogens is 264 g/mol. The van der Waals surface area contributed by atoms with E-state index in [9.17, 15) is 8.78 Å². The lowest BCUT2D eigenvalue weighted by Gasteiger charge is -2.12. The summed E-state index contributed by atoms with van der Waals surface area (Å²) in [6.07, 6.45) is 0. The quantitative estimate of drug-likeness (QED) is 0.480. The molecule has 13 heavy (non-hydrogen) atoms. The van der Waals surface area contributed by atoms with Gasteiger partial charge in [-0.25, -0.2) is 8.78 Å². The van der Waals surface area contributed by atoms with Crippen LogP contribution in [0.2, 0.25) is 5.02 Å². The monoisotopic (exact) mass is 264 g/mol. The Hall–Kier alpha value is 0.240. The number of rotatable bonds is 0. The molecule has 0 saturated carbocycles. The van der Waals surface area contributed by atoms with Crippen LogP contribution in [0.4, 0.5) is 8.78 Å². The van der Waals surface area contributed by atoms with Crippen LogP contribution in [0.3, 0.4) is 0 Å². The first-order valence-electron chi connectivity index (χ1n) is 3.04. The molecule has 0 aliphatic rings. The van der Waals surface area contributed by atoms with Crippen molar-refractivity contribution in [2.24, 2.45) is 0 Å². The summed E-state index contributed by atoms with van der Waals surface area (Å²) in [4.78, 5) is 0. The summed E-state index contributed by atoms with van der Waals surface area (Å²) in [5, 5.41) is -0.0276. The van der Waals surface area contributed by atoms with Gasteiger partial charge in [-0.3, -0.25) is 0 Å². The molecule has 0 heterocycles. The van der Waals surface area contributed by atoms with Crippen LogP contribution < -0.4 is 0 Å². The van der Waals surface area contributed by atoms with Crippen LogP contribution in [0.5, 0.6) is 0 Å². The van der Waals surface area contributed by atoms with Crippen LogP contribution in [0.25, 0.3) is 0 Å². The van der Waals surface area contributed by atoms with Crippen molar-refractivity contribution in [2.75, 3.05) is 0 Å². The lowest BCUT2D eigenvalue weighted by Crippen LogP contribution is -2.05. The molecule has 0 saturated heterocycles. The standard InChI is InChI=1S/C7H2Cl4F2/c8-3-1-4(7(9,10)11)6(13)5(12)2-3/h1-2H. The topological polar surface area (TPSA) is 0 Å². The van der Waals surface area contributed by atoms with Crippen molar-refractivity contribution in [3.8, 4) is 0 Å². The molecule has 1 aromatic rings. The van der Waals surface area contributed by atoms with Crippen LogP contribution in [-0.4, -0.2) is 0 Å². The van der Waals surface area contributed by atoms with Crippen LogP contribution in [0.1, 0.15) is 5.56 Å². The van der Waals surface area contributed by atoms with E-state index in [2.05, 4.69) is 0 Å². The minimum absolute atomic E-state index is 0.0276. The van der Waals surface area contributed by atoms with Crippen molar-refractivity contribution in [3.05, 3.63) is 34.4 Å². The normalized spacial score (nSPS) is 11.8. The second kappa shape index (κ2) is 3.77. The van der Waals surface area contributed by atoms with Gasteiger partial charge >= 0.3 is 0 Å². The van der Waals surface area contributed by atoms with Gasteiger partial charge in [-0.1, -0.05) is 46.4 Å². The van der Waals surface area contributed by atoms with Gasteiger partial charge in [0.05, 0.1) is 0 Å². The summed E-state index contributed by atoms with van der Waals surface area (Å²) >= 11 is 21.6. The van der Waals surface area contributed by atoms with Crippen LogP contribution in [-0.2, 0) is 3.79 Å². The first-order valence-corrected chi connectivity index (χ1v) is 4.55. The Balaban J connectivity index is 3.37. The highest BCUT2D eigenvalue weighted by molar-refractivity contribution is 6.66. The van der Waals surface area contributed by atoms with E-state index < -0.39 is 21.0 Å². The molecule has 0 aliphatic carbocycles. The fourth-order valence-corrected chi connectivity index (χ4v) is 1.38. The second-order valence-electron chi connectivity index (χ2n) is 2.25. The largest absolute Gasteiger partial charge is 0.218 e. The van der Waals surface area contributed by atoms with Gasteiger partial charge in [-0.15, -0.1) is 0 Å². The van der Waals surface area contributed by atoms with Gasteiger partial charge in [-0.05, 0) is 12.1 Å². The molecule has 0 atom stereocenters. The molecule has 0 aromatic heterocycles. The van der Waals surface area contributed by atoms with Gasteiger partial charge < -0.3 is 0 Å². The predicted molar refractivity (Wildman–Crippen MR) is 50.6 cm³/mol. The van der Waals surface area contributed by atoms with Crippen LogP contribution in [0.15, 0.2) is 12.1 Å². The lowest BCUT2D eigenvalue weighted by molar-refractivity contribution is 0.500. The first kappa shape index (κ1) is 11.3. The highest BCUT2D eigenvalue weighted by atomic mass is 35.6. The molecule has 0 spiro atoms. The van der Waals surface area contributed by atoms with E-state index in [0.717, 1.165) is 12.1 Å². The fraction of sp³-hybridized carbons (Fsp3) is 0.143. The first-order chi connectivity index (χ1) is 5.82. The molecule has 0 bridgehead atoms. The molecule has 0 nitrogen and oxygen atoms in total. The zero-order valence-corrected chi connectivity index (χ0v) is 8.95. The molecule has 0 unspecified atom stereocenters. The van der Waals surface area contributed by atoms with Gasteiger partial charge in [0.15, 0.2) is 11.6 Å². The Morgan fingerprint density at radius 3 is 2.08 bits per heavy atom. The zero-order chi connectivity index (χ0) is 10.2. The Bertz CT molecular complexity index is 332. The maximum absolute atomic E-state index is 13.0. The Morgan fingerprint density at radius 1 is 1.08 bits per heavy atom. The smallest absolute Gasteiger partial charge is 0.204 e. The molecule has 0 amide bonds. The molecule has 0 aliphatic heterocycles. The minimum atomic E-state index is -2.02. The highest BCUT2D eigenvalue weighted by Crippen LogP contribution is 2.41. The van der Waals surface area contributed by atoms with Crippen molar-refractivity contribution < 1.29 is 8.78 Å². The summed E-state index contributed by atoms with van der Waals surface area (Å²) in [6, 6.07) is 1.86. The lowest BCUT2D eigenvalue weighted by atomic mass is 10.2. The third-order valence-electron chi connectivity index (χ3n) is 1.30. The number of hydrogen-bond acceptors (Lipinski definition) is 0. The molecule has 0 N–H and O–H groups in total. The molecule has 72 valence electrons. The van der Waals surface area contributed by atoms with E-state index in [0.29, 0.717) is 0 Å². The van der Waals surface area contributed by atoms with E-state index in [-0.39, 0.29) is 5.02 Å². The fourth-order valence-electron chi connectivity index (χ4n) is 0.762. The second-order valence-corrected chi connectivity index (χ2v) is 4.96. The van der Waals surface area contributed by atoms with Crippen molar-refractivity contribution in [1.29, 1.82) is 0 Å². The SMILES string of the molecule is Fc1cc(Cl)cc(C(Cl)(Cl)Cl)c1F. The van der Waals surface area contributed by atoms with Crippen molar-refractivity contribution >= 4 is 46.4 Å². The van der Waals surface area contributed by atoms with Gasteiger partial charge in [-0.2, -0.15) is 0 Å². The van der Waals surface area contributed by atoms with Gasteiger partial charge in [0.25, 0.3) is 0 Å². The van der Waals surface area contributed by atoms with E-state index in [1.54, 1.807) is 0 Å². The highest BCUT2D eigenvalue weighted by Gasteiger charge is 2.28. The summed E-state index contributed by atoms with van der Waals surface area (Å²) in [7, 11) is 0. The average Bonchev–Trinajstić information content (AvgIpc) is 1.94. The summed E-state index contributed by atoms with van der Waals surface area (Å²) in [5.41, 5.74) is -0.400. The van der Waals surface area contributed by atoms with Gasteiger partial charge in [0.2, 0.25) is 3.79 Å². The number of alkyl halides is 3. The van der Waals surface area contributed by atoms with Gasteiger partial charge in [0.1, 0.15) is 0 Å². The molecular formula is C7H2Cl4F2.